The van der Waals surface area contributed by atoms with E-state index in [9.17, 15) is 9.59 Å². The second kappa shape index (κ2) is 18.8. The zero-order chi connectivity index (χ0) is 21.7. The van der Waals surface area contributed by atoms with Crippen molar-refractivity contribution in [3.05, 3.63) is 35.9 Å². The van der Waals surface area contributed by atoms with Crippen LogP contribution < -0.4 is 10.6 Å². The van der Waals surface area contributed by atoms with Crippen LogP contribution in [-0.4, -0.2) is 77.9 Å². The smallest absolute Gasteiger partial charge is 0.407 e. The molecule has 0 aliphatic heterocycles. The zero-order valence-corrected chi connectivity index (χ0v) is 17.7. The Morgan fingerprint density at radius 3 is 1.93 bits per heavy atom. The van der Waals surface area contributed by atoms with Crippen molar-refractivity contribution in [1.82, 2.24) is 10.6 Å². The summed E-state index contributed by atoms with van der Waals surface area (Å²) in [5, 5.41) is 5.04. The highest BCUT2D eigenvalue weighted by Gasteiger charge is 2.06. The first kappa shape index (κ1) is 25.8. The lowest BCUT2D eigenvalue weighted by Gasteiger charge is -2.09. The van der Waals surface area contributed by atoms with Crippen molar-refractivity contribution >= 4 is 12.0 Å². The Labute approximate surface area is 178 Å². The summed E-state index contributed by atoms with van der Waals surface area (Å²) in [5.41, 5.74) is 0.878. The predicted octanol–water partition coefficient (Wildman–Crippen LogP) is 1.51. The lowest BCUT2D eigenvalue weighted by Crippen LogP contribution is -2.38. The predicted molar refractivity (Wildman–Crippen MR) is 111 cm³/mol. The number of alkyl carbamates (subject to hydrolysis) is 1. The summed E-state index contributed by atoms with van der Waals surface area (Å²) in [6.45, 7) is 6.61. The molecule has 1 aromatic rings. The van der Waals surface area contributed by atoms with Gasteiger partial charge in [-0.05, 0) is 12.0 Å². The largest absolute Gasteiger partial charge is 0.445 e. The molecule has 2 amide bonds. The van der Waals surface area contributed by atoms with Gasteiger partial charge >= 0.3 is 6.09 Å². The molecule has 0 fully saturated rings. The highest BCUT2D eigenvalue weighted by molar-refractivity contribution is 5.82. The lowest BCUT2D eigenvalue weighted by atomic mass is 10.2. The minimum absolute atomic E-state index is 0.153. The summed E-state index contributed by atoms with van der Waals surface area (Å²) in [4.78, 5) is 23.2. The Morgan fingerprint density at radius 1 is 0.767 bits per heavy atom. The standard InChI is InChI=1S/C21H34N2O7/c1-2-9-26-11-13-28-15-16-29-14-12-27-10-8-22-20(24)17-23-21(25)30-18-19-6-4-3-5-7-19/h3-7H,2,8-18H2,1H3,(H,22,24)(H,23,25). The van der Waals surface area contributed by atoms with Crippen LogP contribution in [-0.2, 0) is 35.1 Å². The fraction of sp³-hybridized carbons (Fsp3) is 0.619. The summed E-state index contributed by atoms with van der Waals surface area (Å²) >= 11 is 0. The van der Waals surface area contributed by atoms with E-state index in [0.717, 1.165) is 18.6 Å². The van der Waals surface area contributed by atoms with Crippen LogP contribution in [0.2, 0.25) is 0 Å². The SMILES string of the molecule is CCCOCCOCCOCCOCCNC(=O)CNC(=O)OCc1ccccc1. The number of hydrogen-bond acceptors (Lipinski definition) is 7. The molecule has 0 aliphatic carbocycles. The quantitative estimate of drug-likeness (QED) is 0.343. The molecule has 0 atom stereocenters. The number of hydrogen-bond donors (Lipinski definition) is 2. The Morgan fingerprint density at radius 2 is 1.33 bits per heavy atom. The summed E-state index contributed by atoms with van der Waals surface area (Å²) < 4.78 is 26.4. The fourth-order valence-corrected chi connectivity index (χ4v) is 2.16. The second-order valence-electron chi connectivity index (χ2n) is 6.21. The molecule has 30 heavy (non-hydrogen) atoms. The van der Waals surface area contributed by atoms with Crippen LogP contribution in [0.25, 0.3) is 0 Å². The van der Waals surface area contributed by atoms with Crippen LogP contribution in [0.3, 0.4) is 0 Å². The summed E-state index contributed by atoms with van der Waals surface area (Å²) in [7, 11) is 0. The van der Waals surface area contributed by atoms with Crippen molar-refractivity contribution in [2.24, 2.45) is 0 Å². The molecule has 9 heteroatoms. The van der Waals surface area contributed by atoms with Gasteiger partial charge in [0.05, 0.1) is 52.8 Å². The van der Waals surface area contributed by atoms with Crippen molar-refractivity contribution < 1.29 is 33.3 Å². The van der Waals surface area contributed by atoms with Crippen LogP contribution in [0.1, 0.15) is 18.9 Å². The van der Waals surface area contributed by atoms with Crippen LogP contribution in [0.15, 0.2) is 30.3 Å². The Kier molecular flexibility index (Phi) is 16.2. The van der Waals surface area contributed by atoms with Crippen molar-refractivity contribution in [2.45, 2.75) is 20.0 Å². The molecule has 0 bridgehead atoms. The van der Waals surface area contributed by atoms with Crippen LogP contribution in [0.5, 0.6) is 0 Å². The van der Waals surface area contributed by atoms with E-state index < -0.39 is 6.09 Å². The first-order valence-electron chi connectivity index (χ1n) is 10.2. The Bertz CT molecular complexity index is 558. The molecule has 1 aromatic carbocycles. The van der Waals surface area contributed by atoms with Gasteiger partial charge in [0.2, 0.25) is 5.91 Å². The van der Waals surface area contributed by atoms with Gasteiger partial charge in [-0.3, -0.25) is 4.79 Å². The number of benzene rings is 1. The number of amides is 2. The number of carbonyl (C=O) groups excluding carboxylic acids is 2. The molecule has 0 heterocycles. The maximum Gasteiger partial charge on any atom is 0.407 e. The third kappa shape index (κ3) is 15.7. The monoisotopic (exact) mass is 426 g/mol. The summed E-state index contributed by atoms with van der Waals surface area (Å²) in [6, 6.07) is 9.30. The van der Waals surface area contributed by atoms with Gasteiger partial charge in [-0.25, -0.2) is 4.79 Å². The third-order valence-corrected chi connectivity index (χ3v) is 3.64. The van der Waals surface area contributed by atoms with Crippen LogP contribution in [0, 0.1) is 0 Å². The van der Waals surface area contributed by atoms with E-state index in [-0.39, 0.29) is 19.1 Å². The highest BCUT2D eigenvalue weighted by atomic mass is 16.6. The van der Waals surface area contributed by atoms with Crippen LogP contribution >= 0.6 is 0 Å². The van der Waals surface area contributed by atoms with Gasteiger partial charge in [0.15, 0.2) is 0 Å². The van der Waals surface area contributed by atoms with E-state index in [1.54, 1.807) is 0 Å². The molecule has 0 unspecified atom stereocenters. The second-order valence-corrected chi connectivity index (χ2v) is 6.21. The van der Waals surface area contributed by atoms with E-state index in [2.05, 4.69) is 17.6 Å². The summed E-state index contributed by atoms with van der Waals surface area (Å²) in [6.07, 6.45) is 0.368. The molecule has 9 nitrogen and oxygen atoms in total. The van der Waals surface area contributed by atoms with Crippen molar-refractivity contribution in [3.63, 3.8) is 0 Å². The van der Waals surface area contributed by atoms with Gasteiger partial charge in [-0.2, -0.15) is 0 Å². The topological polar surface area (TPSA) is 104 Å². The van der Waals surface area contributed by atoms with E-state index in [4.69, 9.17) is 23.7 Å². The molecule has 0 saturated heterocycles. The molecule has 0 radical (unpaired) electrons. The average molecular weight is 427 g/mol. The lowest BCUT2D eigenvalue weighted by molar-refractivity contribution is -0.120. The van der Waals surface area contributed by atoms with Gasteiger partial charge in [0.1, 0.15) is 6.61 Å². The molecule has 0 aliphatic rings. The highest BCUT2D eigenvalue weighted by Crippen LogP contribution is 2.00. The Balaban J connectivity index is 1.83. The number of ether oxygens (including phenoxy) is 5. The van der Waals surface area contributed by atoms with E-state index >= 15 is 0 Å². The first-order chi connectivity index (χ1) is 14.7. The molecular formula is C21H34N2O7. The van der Waals surface area contributed by atoms with Crippen molar-refractivity contribution in [2.75, 3.05) is 65.9 Å². The average Bonchev–Trinajstić information content (AvgIpc) is 2.77. The van der Waals surface area contributed by atoms with E-state index in [1.807, 2.05) is 30.3 Å². The minimum atomic E-state index is -0.639. The molecule has 1 rings (SSSR count). The fourth-order valence-electron chi connectivity index (χ4n) is 2.16. The maximum absolute atomic E-state index is 11.7. The van der Waals surface area contributed by atoms with Crippen molar-refractivity contribution in [3.8, 4) is 0 Å². The first-order valence-corrected chi connectivity index (χ1v) is 10.2. The number of rotatable bonds is 18. The van der Waals surface area contributed by atoms with Gasteiger partial charge in [0, 0.05) is 13.2 Å². The molecule has 170 valence electrons. The van der Waals surface area contributed by atoms with Gasteiger partial charge in [-0.15, -0.1) is 0 Å². The molecule has 0 spiro atoms. The number of carbonyl (C=O) groups is 2. The van der Waals surface area contributed by atoms with Gasteiger partial charge < -0.3 is 34.3 Å². The minimum Gasteiger partial charge on any atom is -0.445 e. The van der Waals surface area contributed by atoms with Gasteiger partial charge in [0.25, 0.3) is 0 Å². The molecular weight excluding hydrogens is 392 g/mol. The van der Waals surface area contributed by atoms with E-state index in [1.165, 1.54) is 0 Å². The molecule has 0 saturated carbocycles. The Hall–Kier alpha value is -2.20. The summed E-state index contributed by atoms with van der Waals surface area (Å²) in [5.74, 6) is -0.313. The van der Waals surface area contributed by atoms with Gasteiger partial charge in [-0.1, -0.05) is 37.3 Å². The normalized spacial score (nSPS) is 10.6. The molecule has 2 N–H and O–H groups in total. The third-order valence-electron chi connectivity index (χ3n) is 3.64. The molecule has 0 aromatic heterocycles. The van der Waals surface area contributed by atoms with Crippen molar-refractivity contribution in [1.29, 1.82) is 0 Å². The zero-order valence-electron chi connectivity index (χ0n) is 17.7. The van der Waals surface area contributed by atoms with E-state index in [0.29, 0.717) is 52.8 Å². The number of nitrogens with one attached hydrogen (secondary N) is 2. The maximum atomic E-state index is 11.7. The van der Waals surface area contributed by atoms with Crippen LogP contribution in [0.4, 0.5) is 4.79 Å².